The second kappa shape index (κ2) is 5.28. The molecule has 84 valence electrons. The number of hydrogen-bond donors (Lipinski definition) is 1. The molecule has 0 fully saturated rings. The summed E-state index contributed by atoms with van der Waals surface area (Å²) >= 11 is 1.00. The minimum Gasteiger partial charge on any atom is -0.476 e. The number of carboxylic acids is 1. The van der Waals surface area contributed by atoms with E-state index in [-0.39, 0.29) is 23.2 Å². The van der Waals surface area contributed by atoms with Crippen molar-refractivity contribution in [2.24, 2.45) is 0 Å². The molecule has 0 radical (unpaired) electrons. The van der Waals surface area contributed by atoms with Gasteiger partial charge in [-0.15, -0.1) is 17.8 Å². The van der Waals surface area contributed by atoms with Gasteiger partial charge in [0.15, 0.2) is 10.7 Å². The summed E-state index contributed by atoms with van der Waals surface area (Å²) in [6.45, 7) is 2.45. The van der Waals surface area contributed by atoms with Crippen LogP contribution in [0.5, 0.6) is 0 Å². The quantitative estimate of drug-likeness (QED) is 0.792. The third-order valence-electron chi connectivity index (χ3n) is 1.86. The van der Waals surface area contributed by atoms with Crippen LogP contribution in [0, 0.1) is 12.3 Å². The van der Waals surface area contributed by atoms with Crippen molar-refractivity contribution in [2.75, 3.05) is 13.1 Å². The maximum Gasteiger partial charge on any atom is 0.355 e. The fourth-order valence-corrected chi connectivity index (χ4v) is 1.80. The normalized spacial score (nSPS) is 9.50. The molecule has 1 amide bonds. The number of aromatic nitrogens is 1. The molecule has 1 aromatic heterocycles. The van der Waals surface area contributed by atoms with Crippen molar-refractivity contribution in [2.45, 2.75) is 6.92 Å². The van der Waals surface area contributed by atoms with E-state index in [0.29, 0.717) is 6.54 Å². The molecule has 1 heterocycles. The zero-order chi connectivity index (χ0) is 12.1. The maximum atomic E-state index is 11.8. The second-order valence-electron chi connectivity index (χ2n) is 2.87. The summed E-state index contributed by atoms with van der Waals surface area (Å²) in [7, 11) is 0. The van der Waals surface area contributed by atoms with Crippen molar-refractivity contribution in [3.05, 3.63) is 16.1 Å². The number of carbonyl (C=O) groups is 2. The van der Waals surface area contributed by atoms with E-state index in [9.17, 15) is 9.59 Å². The Labute approximate surface area is 96.7 Å². The molecule has 0 atom stereocenters. The number of hydrogen-bond acceptors (Lipinski definition) is 4. The van der Waals surface area contributed by atoms with Crippen LogP contribution in [0.15, 0.2) is 5.38 Å². The van der Waals surface area contributed by atoms with E-state index in [2.05, 4.69) is 10.9 Å². The Hall–Kier alpha value is -1.87. The van der Waals surface area contributed by atoms with Gasteiger partial charge < -0.3 is 10.0 Å². The number of amides is 1. The van der Waals surface area contributed by atoms with Gasteiger partial charge in [-0.1, -0.05) is 5.92 Å². The van der Waals surface area contributed by atoms with E-state index in [4.69, 9.17) is 11.5 Å². The average molecular weight is 238 g/mol. The van der Waals surface area contributed by atoms with Crippen LogP contribution in [0.2, 0.25) is 0 Å². The predicted octanol–water partition coefficient (Wildman–Crippen LogP) is 0.937. The molecule has 0 unspecified atom stereocenters. The van der Waals surface area contributed by atoms with Crippen molar-refractivity contribution in [1.29, 1.82) is 0 Å². The van der Waals surface area contributed by atoms with Crippen molar-refractivity contribution in [3.63, 3.8) is 0 Å². The zero-order valence-electron chi connectivity index (χ0n) is 8.64. The summed E-state index contributed by atoms with van der Waals surface area (Å²) in [4.78, 5) is 27.5. The molecule has 1 rings (SSSR count). The van der Waals surface area contributed by atoms with E-state index in [1.54, 1.807) is 6.92 Å². The largest absolute Gasteiger partial charge is 0.476 e. The van der Waals surface area contributed by atoms with E-state index in [1.807, 2.05) is 0 Å². The standard InChI is InChI=1S/C10H10N2O3S/c1-3-5-12(4-2)9(13)8-11-7(6-16-8)10(14)15/h1,6H,4-5H2,2H3,(H,14,15). The van der Waals surface area contributed by atoms with Crippen LogP contribution in [0.4, 0.5) is 0 Å². The Balaban J connectivity index is 2.87. The molecule has 0 saturated heterocycles. The fraction of sp³-hybridized carbons (Fsp3) is 0.300. The van der Waals surface area contributed by atoms with E-state index in [0.717, 1.165) is 11.3 Å². The van der Waals surface area contributed by atoms with Crippen LogP contribution >= 0.6 is 11.3 Å². The summed E-state index contributed by atoms with van der Waals surface area (Å²) in [6.07, 6.45) is 5.12. The number of terminal acetylenes is 1. The summed E-state index contributed by atoms with van der Waals surface area (Å²) < 4.78 is 0. The van der Waals surface area contributed by atoms with Crippen LogP contribution in [0.3, 0.4) is 0 Å². The first-order chi connectivity index (χ1) is 7.60. The highest BCUT2D eigenvalue weighted by Gasteiger charge is 2.18. The minimum atomic E-state index is -1.14. The lowest BCUT2D eigenvalue weighted by atomic mass is 10.4. The Morgan fingerprint density at radius 1 is 1.69 bits per heavy atom. The SMILES string of the molecule is C#CCN(CC)C(=O)c1nc(C(=O)O)cs1. The Kier molecular flexibility index (Phi) is 4.03. The van der Waals surface area contributed by atoms with Gasteiger partial charge in [0.1, 0.15) is 0 Å². The molecule has 0 spiro atoms. The maximum absolute atomic E-state index is 11.8. The highest BCUT2D eigenvalue weighted by atomic mass is 32.1. The highest BCUT2D eigenvalue weighted by Crippen LogP contribution is 2.12. The molecule has 0 aromatic carbocycles. The van der Waals surface area contributed by atoms with Gasteiger partial charge in [-0.25, -0.2) is 9.78 Å². The topological polar surface area (TPSA) is 70.5 Å². The number of rotatable bonds is 4. The molecule has 0 aliphatic carbocycles. The van der Waals surface area contributed by atoms with E-state index < -0.39 is 5.97 Å². The molecule has 1 aromatic rings. The first-order valence-corrected chi connectivity index (χ1v) is 5.39. The van der Waals surface area contributed by atoms with Crippen molar-refractivity contribution in [3.8, 4) is 12.3 Å². The number of carbonyl (C=O) groups excluding carboxylic acids is 1. The van der Waals surface area contributed by atoms with E-state index in [1.165, 1.54) is 10.3 Å². The number of thiazole rings is 1. The molecule has 5 nitrogen and oxygen atoms in total. The van der Waals surface area contributed by atoms with Crippen LogP contribution in [0.1, 0.15) is 27.2 Å². The van der Waals surface area contributed by atoms with Gasteiger partial charge in [0, 0.05) is 11.9 Å². The van der Waals surface area contributed by atoms with Crippen molar-refractivity contribution in [1.82, 2.24) is 9.88 Å². The summed E-state index contributed by atoms with van der Waals surface area (Å²) in [5, 5.41) is 10.1. The molecule has 1 N–H and O–H groups in total. The smallest absolute Gasteiger partial charge is 0.355 e. The molecule has 0 bridgehead atoms. The van der Waals surface area contributed by atoms with Gasteiger partial charge in [0.2, 0.25) is 0 Å². The van der Waals surface area contributed by atoms with Crippen molar-refractivity contribution < 1.29 is 14.7 Å². The van der Waals surface area contributed by atoms with Crippen LogP contribution in [0.25, 0.3) is 0 Å². The third kappa shape index (κ3) is 2.58. The Morgan fingerprint density at radius 2 is 2.38 bits per heavy atom. The summed E-state index contributed by atoms with van der Waals surface area (Å²) in [5.74, 6) is 0.886. The predicted molar refractivity (Wildman–Crippen MR) is 59.5 cm³/mol. The van der Waals surface area contributed by atoms with Gasteiger partial charge in [-0.05, 0) is 6.92 Å². The lowest BCUT2D eigenvalue weighted by molar-refractivity contribution is 0.0691. The highest BCUT2D eigenvalue weighted by molar-refractivity contribution is 7.11. The van der Waals surface area contributed by atoms with E-state index >= 15 is 0 Å². The van der Waals surface area contributed by atoms with Gasteiger partial charge >= 0.3 is 5.97 Å². The van der Waals surface area contributed by atoms with Crippen molar-refractivity contribution >= 4 is 23.2 Å². The molecule has 6 heteroatoms. The van der Waals surface area contributed by atoms with Gasteiger partial charge in [-0.2, -0.15) is 0 Å². The zero-order valence-corrected chi connectivity index (χ0v) is 9.45. The first kappa shape index (κ1) is 12.2. The van der Waals surface area contributed by atoms with Crippen LogP contribution in [-0.4, -0.2) is 40.0 Å². The average Bonchev–Trinajstić information content (AvgIpc) is 2.74. The first-order valence-electron chi connectivity index (χ1n) is 4.51. The number of aromatic carboxylic acids is 1. The van der Waals surface area contributed by atoms with Crippen LogP contribution < -0.4 is 0 Å². The number of carboxylic acid groups (broad SMARTS) is 1. The second-order valence-corrected chi connectivity index (χ2v) is 3.72. The molecular formula is C10H10N2O3S. The molecule has 16 heavy (non-hydrogen) atoms. The van der Waals surface area contributed by atoms with Crippen LogP contribution in [-0.2, 0) is 0 Å². The Bertz CT molecular complexity index is 447. The molecule has 0 saturated carbocycles. The monoisotopic (exact) mass is 238 g/mol. The third-order valence-corrected chi connectivity index (χ3v) is 2.69. The van der Waals surface area contributed by atoms with Gasteiger partial charge in [0.05, 0.1) is 6.54 Å². The Morgan fingerprint density at radius 3 is 2.81 bits per heavy atom. The van der Waals surface area contributed by atoms with Gasteiger partial charge in [0.25, 0.3) is 5.91 Å². The lowest BCUT2D eigenvalue weighted by Gasteiger charge is -2.15. The van der Waals surface area contributed by atoms with Gasteiger partial charge in [-0.3, -0.25) is 4.79 Å². The minimum absolute atomic E-state index is 0.120. The molecular weight excluding hydrogens is 228 g/mol. The molecule has 0 aliphatic rings. The fourth-order valence-electron chi connectivity index (χ4n) is 1.04. The number of nitrogens with zero attached hydrogens (tertiary/aromatic N) is 2. The summed E-state index contributed by atoms with van der Waals surface area (Å²) in [6, 6.07) is 0. The lowest BCUT2D eigenvalue weighted by Crippen LogP contribution is -2.31. The molecule has 0 aliphatic heterocycles. The summed E-state index contributed by atoms with van der Waals surface area (Å²) in [5.41, 5.74) is -0.120.